The average molecular weight is 302 g/mol. The number of carbonyl (C=O) groups excluding carboxylic acids is 1. The zero-order chi connectivity index (χ0) is 15.0. The van der Waals surface area contributed by atoms with Crippen LogP contribution in [0.4, 0.5) is 0 Å². The van der Waals surface area contributed by atoms with Crippen molar-refractivity contribution in [1.29, 1.82) is 0 Å². The maximum absolute atomic E-state index is 12.8. The van der Waals surface area contributed by atoms with Gasteiger partial charge in [0.1, 0.15) is 0 Å². The van der Waals surface area contributed by atoms with E-state index in [9.17, 15) is 9.59 Å². The Morgan fingerprint density at radius 3 is 3.00 bits per heavy atom. The summed E-state index contributed by atoms with van der Waals surface area (Å²) in [5.41, 5.74) is 2.24. The molecule has 5 heteroatoms. The lowest BCUT2D eigenvalue weighted by Gasteiger charge is -2.35. The fraction of sp³-hybridized carbons (Fsp3) is 0.375. The van der Waals surface area contributed by atoms with Crippen molar-refractivity contribution < 1.29 is 4.79 Å². The van der Waals surface area contributed by atoms with Crippen LogP contribution >= 0.6 is 11.3 Å². The van der Waals surface area contributed by atoms with E-state index in [-0.39, 0.29) is 17.5 Å². The molecular formula is C16H18N2O2S. The van der Waals surface area contributed by atoms with Crippen LogP contribution < -0.4 is 5.56 Å². The molecule has 0 aliphatic carbocycles. The molecule has 1 amide bonds. The highest BCUT2D eigenvalue weighted by Gasteiger charge is 2.31. The molecule has 0 bridgehead atoms. The summed E-state index contributed by atoms with van der Waals surface area (Å²) in [5, 5.41) is 2.10. The van der Waals surface area contributed by atoms with Crippen molar-refractivity contribution in [2.45, 2.75) is 32.7 Å². The van der Waals surface area contributed by atoms with Crippen LogP contribution in [0.2, 0.25) is 0 Å². The maximum Gasteiger partial charge on any atom is 0.254 e. The summed E-state index contributed by atoms with van der Waals surface area (Å²) >= 11 is 1.77. The van der Waals surface area contributed by atoms with E-state index >= 15 is 0 Å². The van der Waals surface area contributed by atoms with Crippen molar-refractivity contribution in [3.63, 3.8) is 0 Å². The molecule has 1 atom stereocenters. The average Bonchev–Trinajstić information content (AvgIpc) is 2.92. The normalized spacial score (nSPS) is 17.6. The first-order valence-electron chi connectivity index (χ1n) is 7.18. The van der Waals surface area contributed by atoms with Gasteiger partial charge in [-0.15, -0.1) is 11.3 Å². The van der Waals surface area contributed by atoms with Gasteiger partial charge >= 0.3 is 0 Å². The topological polar surface area (TPSA) is 53.2 Å². The number of rotatable bonds is 2. The fourth-order valence-corrected chi connectivity index (χ4v) is 3.98. The molecule has 0 fully saturated rings. The fourth-order valence-electron chi connectivity index (χ4n) is 3.05. The molecule has 1 N–H and O–H groups in total. The van der Waals surface area contributed by atoms with Crippen LogP contribution in [0.25, 0.3) is 0 Å². The Morgan fingerprint density at radius 1 is 1.48 bits per heavy atom. The number of aromatic amines is 1. The zero-order valence-corrected chi connectivity index (χ0v) is 13.0. The van der Waals surface area contributed by atoms with E-state index in [0.29, 0.717) is 11.3 Å². The largest absolute Gasteiger partial charge is 0.331 e. The van der Waals surface area contributed by atoms with Gasteiger partial charge in [-0.3, -0.25) is 9.59 Å². The van der Waals surface area contributed by atoms with Crippen LogP contribution in [0.3, 0.4) is 0 Å². The number of pyridine rings is 1. The number of fused-ring (bicyclic) bond motifs is 1. The second-order valence-corrected chi connectivity index (χ2v) is 6.39. The number of aromatic nitrogens is 1. The van der Waals surface area contributed by atoms with Gasteiger partial charge in [0.25, 0.3) is 5.91 Å². The molecule has 2 aromatic heterocycles. The molecule has 21 heavy (non-hydrogen) atoms. The number of hydrogen-bond donors (Lipinski definition) is 1. The maximum atomic E-state index is 12.8. The Balaban J connectivity index is 1.96. The molecule has 110 valence electrons. The minimum absolute atomic E-state index is 0.0482. The highest BCUT2D eigenvalue weighted by atomic mass is 32.1. The summed E-state index contributed by atoms with van der Waals surface area (Å²) in [7, 11) is 0. The van der Waals surface area contributed by atoms with Crippen LogP contribution in [0.1, 0.15) is 45.9 Å². The Hall–Kier alpha value is -1.88. The molecule has 1 aliphatic rings. The lowest BCUT2D eigenvalue weighted by Crippen LogP contribution is -2.39. The molecule has 1 aliphatic heterocycles. The molecule has 4 nitrogen and oxygen atoms in total. The summed E-state index contributed by atoms with van der Waals surface area (Å²) in [4.78, 5) is 30.3. The summed E-state index contributed by atoms with van der Waals surface area (Å²) in [6.07, 6.45) is 1.79. The van der Waals surface area contributed by atoms with E-state index in [0.717, 1.165) is 19.4 Å². The molecule has 3 heterocycles. The number of carbonyl (C=O) groups is 1. The van der Waals surface area contributed by atoms with Gasteiger partial charge in [-0.2, -0.15) is 0 Å². The van der Waals surface area contributed by atoms with E-state index in [4.69, 9.17) is 0 Å². The van der Waals surface area contributed by atoms with Crippen LogP contribution in [-0.2, 0) is 6.42 Å². The van der Waals surface area contributed by atoms with Crippen molar-refractivity contribution in [1.82, 2.24) is 9.88 Å². The highest BCUT2D eigenvalue weighted by molar-refractivity contribution is 7.10. The van der Waals surface area contributed by atoms with Gasteiger partial charge in [0.2, 0.25) is 5.56 Å². The minimum atomic E-state index is -0.223. The first-order chi connectivity index (χ1) is 10.1. The lowest BCUT2D eigenvalue weighted by atomic mass is 9.97. The second-order valence-electron chi connectivity index (χ2n) is 5.39. The number of amides is 1. The third-order valence-electron chi connectivity index (χ3n) is 3.97. The molecule has 1 unspecified atom stereocenters. The molecule has 3 rings (SSSR count). The highest BCUT2D eigenvalue weighted by Crippen LogP contribution is 2.35. The number of nitrogens with zero attached hydrogens (tertiary/aromatic N) is 1. The van der Waals surface area contributed by atoms with Gasteiger partial charge in [0, 0.05) is 28.7 Å². The Bertz CT molecular complexity index is 732. The van der Waals surface area contributed by atoms with Crippen molar-refractivity contribution in [3.8, 4) is 0 Å². The van der Waals surface area contributed by atoms with Gasteiger partial charge in [0.15, 0.2) is 0 Å². The molecule has 0 saturated carbocycles. The number of hydrogen-bond acceptors (Lipinski definition) is 3. The van der Waals surface area contributed by atoms with Crippen LogP contribution in [0.15, 0.2) is 28.4 Å². The number of H-pyrrole nitrogens is 1. The van der Waals surface area contributed by atoms with E-state index in [2.05, 4.69) is 23.4 Å². The van der Waals surface area contributed by atoms with Crippen LogP contribution in [0, 0.1) is 6.92 Å². The van der Waals surface area contributed by atoms with E-state index in [1.165, 1.54) is 16.5 Å². The van der Waals surface area contributed by atoms with E-state index in [1.54, 1.807) is 24.3 Å². The van der Waals surface area contributed by atoms with Gasteiger partial charge in [-0.05, 0) is 42.8 Å². The minimum Gasteiger partial charge on any atom is -0.331 e. The predicted octanol–water partition coefficient (Wildman–Crippen LogP) is 2.89. The Kier molecular flexibility index (Phi) is 3.68. The summed E-state index contributed by atoms with van der Waals surface area (Å²) in [5.74, 6) is -0.0482. The van der Waals surface area contributed by atoms with Gasteiger partial charge in [-0.1, -0.05) is 6.92 Å². The van der Waals surface area contributed by atoms with Gasteiger partial charge in [0.05, 0.1) is 6.04 Å². The van der Waals surface area contributed by atoms with Crippen LogP contribution in [-0.4, -0.2) is 22.3 Å². The zero-order valence-electron chi connectivity index (χ0n) is 12.2. The van der Waals surface area contributed by atoms with E-state index in [1.807, 2.05) is 4.90 Å². The van der Waals surface area contributed by atoms with Gasteiger partial charge in [-0.25, -0.2) is 0 Å². The SMILES string of the molecule is CCC1c2ccsc2CCN1C(=O)c1cc(C)[nH]c(=O)c1. The molecular weight excluding hydrogens is 284 g/mol. The monoisotopic (exact) mass is 302 g/mol. The molecule has 0 spiro atoms. The van der Waals surface area contributed by atoms with Gasteiger partial charge < -0.3 is 9.88 Å². The standard InChI is InChI=1S/C16H18N2O2S/c1-3-13-12-5-7-21-14(12)4-6-18(13)16(20)11-8-10(2)17-15(19)9-11/h5,7-9,13H,3-4,6H2,1-2H3,(H,17,19). The molecule has 0 radical (unpaired) electrons. The summed E-state index contributed by atoms with van der Waals surface area (Å²) < 4.78 is 0. The lowest BCUT2D eigenvalue weighted by molar-refractivity contribution is 0.0657. The number of nitrogens with one attached hydrogen (secondary N) is 1. The van der Waals surface area contributed by atoms with Crippen molar-refractivity contribution in [2.75, 3.05) is 6.54 Å². The Labute approximate surface area is 127 Å². The first-order valence-corrected chi connectivity index (χ1v) is 8.06. The predicted molar refractivity (Wildman–Crippen MR) is 83.9 cm³/mol. The van der Waals surface area contributed by atoms with Crippen molar-refractivity contribution in [2.24, 2.45) is 0 Å². The quantitative estimate of drug-likeness (QED) is 0.927. The van der Waals surface area contributed by atoms with E-state index < -0.39 is 0 Å². The number of aryl methyl sites for hydroxylation is 1. The molecule has 0 saturated heterocycles. The first kappa shape index (κ1) is 14.1. The Morgan fingerprint density at radius 2 is 2.29 bits per heavy atom. The summed E-state index contributed by atoms with van der Waals surface area (Å²) in [6.45, 7) is 4.61. The smallest absolute Gasteiger partial charge is 0.254 e. The third kappa shape index (κ3) is 2.53. The molecule has 2 aromatic rings. The second kappa shape index (κ2) is 5.48. The summed E-state index contributed by atoms with van der Waals surface area (Å²) in [6, 6.07) is 5.38. The van der Waals surface area contributed by atoms with Crippen LogP contribution in [0.5, 0.6) is 0 Å². The molecule has 0 aromatic carbocycles. The van der Waals surface area contributed by atoms with Crippen molar-refractivity contribution >= 4 is 17.2 Å². The van der Waals surface area contributed by atoms with Crippen molar-refractivity contribution in [3.05, 3.63) is 55.6 Å². The number of thiophene rings is 1. The third-order valence-corrected chi connectivity index (χ3v) is 4.96.